The summed E-state index contributed by atoms with van der Waals surface area (Å²) < 4.78 is 0. The summed E-state index contributed by atoms with van der Waals surface area (Å²) >= 11 is 0. The maximum Gasteiger partial charge on any atom is 2.00 e. The standard InChI is InChI=1S/2C5H5.Mo/c2*1-2-4-5-3-1;/h2*1-5H;/q;;+2. The summed E-state index contributed by atoms with van der Waals surface area (Å²) in [5.74, 6) is 0. The molecule has 0 saturated heterocycles. The fourth-order valence-electron chi connectivity index (χ4n) is 0.642. The van der Waals surface area contributed by atoms with Crippen LogP contribution in [0.15, 0.2) is 0 Å². The molecule has 2 aliphatic rings. The molecular formula is C10H10Mo+2. The van der Waals surface area contributed by atoms with Gasteiger partial charge in [0.25, 0.3) is 0 Å². The van der Waals surface area contributed by atoms with Gasteiger partial charge in [-0.1, -0.05) is 0 Å². The number of hydrogen-bond acceptors (Lipinski definition) is 0. The first-order valence-corrected chi connectivity index (χ1v) is 3.33. The normalized spacial score (nSPS) is 21.8. The Labute approximate surface area is 85.4 Å². The van der Waals surface area contributed by atoms with Crippen LogP contribution in [0.25, 0.3) is 0 Å². The Morgan fingerprint density at radius 1 is 0.273 bits per heavy atom. The third-order valence-corrected chi connectivity index (χ3v) is 1.11. The molecule has 0 atom stereocenters. The van der Waals surface area contributed by atoms with E-state index in [1.807, 2.05) is 64.2 Å². The number of rotatable bonds is 0. The monoisotopic (exact) mass is 228 g/mol. The molecule has 1 heteroatoms. The zero-order valence-electron chi connectivity index (χ0n) is 6.18. The molecule has 0 bridgehead atoms. The Bertz CT molecular complexity index is 38.1. The Kier molecular flexibility index (Phi) is 9.33. The van der Waals surface area contributed by atoms with E-state index in [4.69, 9.17) is 0 Å². The largest absolute Gasteiger partial charge is 2.00 e. The predicted molar refractivity (Wildman–Crippen MR) is 43.0 cm³/mol. The first kappa shape index (κ1) is 11.7. The molecule has 11 heavy (non-hydrogen) atoms. The van der Waals surface area contributed by atoms with Crippen molar-refractivity contribution in [1.29, 1.82) is 0 Å². The van der Waals surface area contributed by atoms with Gasteiger partial charge in [-0.25, -0.2) is 0 Å². The molecule has 10 radical (unpaired) electrons. The van der Waals surface area contributed by atoms with Crippen LogP contribution in [0.5, 0.6) is 0 Å². The molecule has 0 spiro atoms. The zero-order valence-corrected chi connectivity index (χ0v) is 8.19. The van der Waals surface area contributed by atoms with Crippen molar-refractivity contribution >= 4 is 0 Å². The molecule has 2 rings (SSSR count). The average Bonchev–Trinajstić information content (AvgIpc) is 2.67. The van der Waals surface area contributed by atoms with Crippen LogP contribution in [0, 0.1) is 64.2 Å². The number of hydrogen-bond donors (Lipinski definition) is 0. The second-order valence-corrected chi connectivity index (χ2v) is 1.92. The van der Waals surface area contributed by atoms with Gasteiger partial charge in [0.05, 0.1) is 0 Å². The van der Waals surface area contributed by atoms with Crippen molar-refractivity contribution in [2.45, 2.75) is 0 Å². The third kappa shape index (κ3) is 7.06. The van der Waals surface area contributed by atoms with Gasteiger partial charge in [-0.15, -0.1) is 0 Å². The van der Waals surface area contributed by atoms with Gasteiger partial charge in [0.2, 0.25) is 0 Å². The molecule has 2 saturated carbocycles. The minimum Gasteiger partial charge on any atom is -0.0312 e. The van der Waals surface area contributed by atoms with Gasteiger partial charge in [0.15, 0.2) is 0 Å². The van der Waals surface area contributed by atoms with Crippen molar-refractivity contribution in [2.24, 2.45) is 0 Å². The summed E-state index contributed by atoms with van der Waals surface area (Å²) in [4.78, 5) is 0. The predicted octanol–water partition coefficient (Wildman–Crippen LogP) is 2.04. The van der Waals surface area contributed by atoms with E-state index in [9.17, 15) is 0 Å². The molecule has 54 valence electrons. The molecule has 2 aliphatic carbocycles. The van der Waals surface area contributed by atoms with Gasteiger partial charge < -0.3 is 0 Å². The topological polar surface area (TPSA) is 0 Å². The van der Waals surface area contributed by atoms with Crippen LogP contribution in [-0.4, -0.2) is 0 Å². The van der Waals surface area contributed by atoms with Crippen LogP contribution >= 0.6 is 0 Å². The molecule has 0 nitrogen and oxygen atoms in total. The fraction of sp³-hybridized carbons (Fsp3) is 0. The quantitative estimate of drug-likeness (QED) is 0.554. The summed E-state index contributed by atoms with van der Waals surface area (Å²) in [6, 6.07) is 0. The van der Waals surface area contributed by atoms with Crippen LogP contribution in [0.1, 0.15) is 0 Å². The third-order valence-electron chi connectivity index (χ3n) is 1.11. The summed E-state index contributed by atoms with van der Waals surface area (Å²) in [6.07, 6.45) is 20.0. The van der Waals surface area contributed by atoms with E-state index in [2.05, 4.69) is 0 Å². The van der Waals surface area contributed by atoms with Crippen molar-refractivity contribution in [3.05, 3.63) is 64.2 Å². The van der Waals surface area contributed by atoms with Gasteiger partial charge >= 0.3 is 21.1 Å². The minimum absolute atomic E-state index is 0. The molecule has 0 aromatic heterocycles. The van der Waals surface area contributed by atoms with Crippen LogP contribution in [0.4, 0.5) is 0 Å². The van der Waals surface area contributed by atoms with Gasteiger partial charge in [-0.05, 0) is 64.2 Å². The Morgan fingerprint density at radius 2 is 0.364 bits per heavy atom. The second kappa shape index (κ2) is 8.78. The van der Waals surface area contributed by atoms with E-state index in [-0.39, 0.29) is 21.1 Å². The SMILES string of the molecule is [CH]1[CH][CH][CH][CH]1.[CH]1[CH][CH][CH][CH]1.[Mo+2]. The van der Waals surface area contributed by atoms with Crippen molar-refractivity contribution < 1.29 is 21.1 Å². The van der Waals surface area contributed by atoms with Crippen molar-refractivity contribution in [1.82, 2.24) is 0 Å². The van der Waals surface area contributed by atoms with Crippen LogP contribution in [0.2, 0.25) is 0 Å². The summed E-state index contributed by atoms with van der Waals surface area (Å²) in [6.45, 7) is 0. The molecular weight excluding hydrogens is 216 g/mol. The summed E-state index contributed by atoms with van der Waals surface area (Å²) in [7, 11) is 0. The van der Waals surface area contributed by atoms with Gasteiger partial charge in [-0.3, -0.25) is 0 Å². The molecule has 0 aromatic carbocycles. The van der Waals surface area contributed by atoms with Gasteiger partial charge in [0, 0.05) is 0 Å². The molecule has 0 N–H and O–H groups in total. The summed E-state index contributed by atoms with van der Waals surface area (Å²) in [5.41, 5.74) is 0. The molecule has 0 amide bonds. The summed E-state index contributed by atoms with van der Waals surface area (Å²) in [5, 5.41) is 0. The Hall–Kier alpha value is 0.688. The Balaban J connectivity index is 0.000000167. The van der Waals surface area contributed by atoms with Crippen LogP contribution in [-0.2, 0) is 21.1 Å². The molecule has 0 unspecified atom stereocenters. The molecule has 2 fully saturated rings. The van der Waals surface area contributed by atoms with E-state index in [1.165, 1.54) is 0 Å². The van der Waals surface area contributed by atoms with E-state index in [0.717, 1.165) is 0 Å². The van der Waals surface area contributed by atoms with E-state index < -0.39 is 0 Å². The molecule has 0 aromatic rings. The smallest absolute Gasteiger partial charge is 0.0312 e. The van der Waals surface area contributed by atoms with Crippen molar-refractivity contribution in [3.8, 4) is 0 Å². The second-order valence-electron chi connectivity index (χ2n) is 1.92. The van der Waals surface area contributed by atoms with E-state index >= 15 is 0 Å². The van der Waals surface area contributed by atoms with Crippen LogP contribution in [0.3, 0.4) is 0 Å². The van der Waals surface area contributed by atoms with E-state index in [0.29, 0.717) is 0 Å². The first-order valence-electron chi connectivity index (χ1n) is 3.33. The molecule has 0 aliphatic heterocycles. The van der Waals surface area contributed by atoms with Gasteiger partial charge in [-0.2, -0.15) is 0 Å². The average molecular weight is 226 g/mol. The fourth-order valence-corrected chi connectivity index (χ4v) is 0.642. The van der Waals surface area contributed by atoms with Crippen molar-refractivity contribution in [3.63, 3.8) is 0 Å². The Morgan fingerprint density at radius 3 is 0.455 bits per heavy atom. The van der Waals surface area contributed by atoms with Crippen molar-refractivity contribution in [2.75, 3.05) is 0 Å². The maximum absolute atomic E-state index is 2.00. The molecule has 0 heterocycles. The minimum atomic E-state index is 0. The van der Waals surface area contributed by atoms with Crippen LogP contribution < -0.4 is 0 Å². The van der Waals surface area contributed by atoms with Gasteiger partial charge in [0.1, 0.15) is 0 Å². The first-order chi connectivity index (χ1) is 5.00. The zero-order chi connectivity index (χ0) is 7.07. The maximum atomic E-state index is 2.00. The van der Waals surface area contributed by atoms with E-state index in [1.54, 1.807) is 0 Å².